The first kappa shape index (κ1) is 27.2. The van der Waals surface area contributed by atoms with Gasteiger partial charge in [0.25, 0.3) is 5.91 Å². The molecule has 0 saturated heterocycles. The molecule has 2 rings (SSSR count). The SMILES string of the molecule is CC[C@@H](C(=O)NCC(C)C)N(Cc1cccc(OC)c1)C(=O)COc1ccccc1C(C)(C)C. The monoisotopic (exact) mass is 468 g/mol. The fourth-order valence-corrected chi connectivity index (χ4v) is 3.74. The zero-order valence-corrected chi connectivity index (χ0v) is 21.7. The second-order valence-electron chi connectivity index (χ2n) is 9.97. The summed E-state index contributed by atoms with van der Waals surface area (Å²) in [6.45, 7) is 13.0. The van der Waals surface area contributed by atoms with Gasteiger partial charge < -0.3 is 19.7 Å². The Balaban J connectivity index is 2.28. The van der Waals surface area contributed by atoms with Gasteiger partial charge in [-0.05, 0) is 47.1 Å². The highest BCUT2D eigenvalue weighted by Gasteiger charge is 2.29. The van der Waals surface area contributed by atoms with Crippen LogP contribution in [0.4, 0.5) is 0 Å². The summed E-state index contributed by atoms with van der Waals surface area (Å²) in [6.07, 6.45) is 0.498. The van der Waals surface area contributed by atoms with Gasteiger partial charge in [-0.1, -0.05) is 71.9 Å². The number of nitrogens with one attached hydrogen (secondary N) is 1. The van der Waals surface area contributed by atoms with E-state index >= 15 is 0 Å². The Labute approximate surface area is 204 Å². The van der Waals surface area contributed by atoms with Crippen LogP contribution in [-0.4, -0.2) is 43.0 Å². The molecule has 0 aliphatic rings. The van der Waals surface area contributed by atoms with Crippen LogP contribution in [0.5, 0.6) is 11.5 Å². The van der Waals surface area contributed by atoms with Gasteiger partial charge in [0.15, 0.2) is 6.61 Å². The van der Waals surface area contributed by atoms with Gasteiger partial charge >= 0.3 is 0 Å². The largest absolute Gasteiger partial charge is 0.497 e. The van der Waals surface area contributed by atoms with Crippen LogP contribution in [0.2, 0.25) is 0 Å². The second kappa shape index (κ2) is 12.4. The topological polar surface area (TPSA) is 67.9 Å². The van der Waals surface area contributed by atoms with Crippen molar-refractivity contribution in [2.75, 3.05) is 20.3 Å². The lowest BCUT2D eigenvalue weighted by molar-refractivity contribution is -0.143. The zero-order valence-electron chi connectivity index (χ0n) is 21.7. The number of rotatable bonds is 11. The van der Waals surface area contributed by atoms with E-state index in [1.165, 1.54) is 0 Å². The predicted molar refractivity (Wildman–Crippen MR) is 136 cm³/mol. The highest BCUT2D eigenvalue weighted by atomic mass is 16.5. The van der Waals surface area contributed by atoms with E-state index in [1.54, 1.807) is 12.0 Å². The molecule has 34 heavy (non-hydrogen) atoms. The van der Waals surface area contributed by atoms with Crippen LogP contribution in [0.3, 0.4) is 0 Å². The molecule has 0 radical (unpaired) electrons. The molecule has 0 aliphatic heterocycles. The molecule has 0 heterocycles. The third kappa shape index (κ3) is 7.79. The lowest BCUT2D eigenvalue weighted by Gasteiger charge is -2.31. The molecule has 6 nitrogen and oxygen atoms in total. The lowest BCUT2D eigenvalue weighted by Crippen LogP contribution is -2.50. The van der Waals surface area contributed by atoms with E-state index in [1.807, 2.05) is 69.3 Å². The lowest BCUT2D eigenvalue weighted by atomic mass is 9.86. The minimum atomic E-state index is -0.598. The third-order valence-corrected chi connectivity index (χ3v) is 5.60. The fourth-order valence-electron chi connectivity index (χ4n) is 3.74. The first-order valence-corrected chi connectivity index (χ1v) is 12.0. The maximum atomic E-state index is 13.5. The molecule has 0 unspecified atom stereocenters. The van der Waals surface area contributed by atoms with E-state index in [0.29, 0.717) is 30.4 Å². The van der Waals surface area contributed by atoms with E-state index in [4.69, 9.17) is 9.47 Å². The van der Waals surface area contributed by atoms with Crippen LogP contribution >= 0.6 is 0 Å². The van der Waals surface area contributed by atoms with Crippen molar-refractivity contribution in [3.05, 3.63) is 59.7 Å². The van der Waals surface area contributed by atoms with E-state index in [-0.39, 0.29) is 30.4 Å². The number of methoxy groups -OCH3 is 1. The van der Waals surface area contributed by atoms with Gasteiger partial charge in [-0.2, -0.15) is 0 Å². The van der Waals surface area contributed by atoms with Gasteiger partial charge in [0.2, 0.25) is 5.91 Å². The van der Waals surface area contributed by atoms with Crippen molar-refractivity contribution in [2.24, 2.45) is 5.92 Å². The summed E-state index contributed by atoms with van der Waals surface area (Å²) in [5.41, 5.74) is 1.80. The molecular formula is C28H40N2O4. The quantitative estimate of drug-likeness (QED) is 0.507. The molecule has 0 aromatic heterocycles. The minimum Gasteiger partial charge on any atom is -0.497 e. The second-order valence-corrected chi connectivity index (χ2v) is 9.97. The fraction of sp³-hybridized carbons (Fsp3) is 0.500. The van der Waals surface area contributed by atoms with Crippen LogP contribution in [-0.2, 0) is 21.5 Å². The first-order valence-electron chi connectivity index (χ1n) is 12.0. The number of carbonyl (C=O) groups excluding carboxylic acids is 2. The number of amides is 2. The molecule has 0 spiro atoms. The van der Waals surface area contributed by atoms with Crippen molar-refractivity contribution in [3.8, 4) is 11.5 Å². The van der Waals surface area contributed by atoms with E-state index in [0.717, 1.165) is 11.1 Å². The molecule has 2 aromatic carbocycles. The predicted octanol–water partition coefficient (Wildman–Crippen LogP) is 4.95. The third-order valence-electron chi connectivity index (χ3n) is 5.60. The van der Waals surface area contributed by atoms with Gasteiger partial charge in [0, 0.05) is 13.1 Å². The van der Waals surface area contributed by atoms with Crippen molar-refractivity contribution in [1.29, 1.82) is 0 Å². The Bertz CT molecular complexity index is 949. The Morgan fingerprint density at radius 3 is 2.38 bits per heavy atom. The van der Waals surface area contributed by atoms with Crippen LogP contribution in [0.25, 0.3) is 0 Å². The maximum absolute atomic E-state index is 13.5. The van der Waals surface area contributed by atoms with Crippen molar-refractivity contribution in [1.82, 2.24) is 10.2 Å². The molecule has 0 saturated carbocycles. The first-order chi connectivity index (χ1) is 16.1. The maximum Gasteiger partial charge on any atom is 0.261 e. The molecule has 0 aliphatic carbocycles. The minimum absolute atomic E-state index is 0.122. The molecule has 186 valence electrons. The highest BCUT2D eigenvalue weighted by Crippen LogP contribution is 2.31. The summed E-state index contributed by atoms with van der Waals surface area (Å²) in [6, 6.07) is 14.7. The summed E-state index contributed by atoms with van der Waals surface area (Å²) >= 11 is 0. The average Bonchev–Trinajstić information content (AvgIpc) is 2.80. The number of para-hydroxylation sites is 1. The van der Waals surface area contributed by atoms with E-state index in [2.05, 4.69) is 26.1 Å². The molecule has 6 heteroatoms. The summed E-state index contributed by atoms with van der Waals surface area (Å²) in [5.74, 6) is 1.32. The number of hydrogen-bond acceptors (Lipinski definition) is 4. The smallest absolute Gasteiger partial charge is 0.261 e. The highest BCUT2D eigenvalue weighted by molar-refractivity contribution is 5.88. The number of ether oxygens (including phenoxy) is 2. The van der Waals surface area contributed by atoms with E-state index < -0.39 is 6.04 Å². The van der Waals surface area contributed by atoms with Crippen molar-refractivity contribution in [2.45, 2.75) is 66.0 Å². The van der Waals surface area contributed by atoms with E-state index in [9.17, 15) is 9.59 Å². The Morgan fingerprint density at radius 2 is 1.76 bits per heavy atom. The van der Waals surface area contributed by atoms with Crippen molar-refractivity contribution >= 4 is 11.8 Å². The van der Waals surface area contributed by atoms with Crippen molar-refractivity contribution < 1.29 is 19.1 Å². The van der Waals surface area contributed by atoms with Crippen LogP contribution in [0.1, 0.15) is 59.1 Å². The molecule has 1 N–H and O–H groups in total. The van der Waals surface area contributed by atoms with Gasteiger partial charge in [-0.3, -0.25) is 9.59 Å². The summed E-state index contributed by atoms with van der Waals surface area (Å²) in [7, 11) is 1.61. The summed E-state index contributed by atoms with van der Waals surface area (Å²) in [5, 5.41) is 2.98. The molecule has 2 aromatic rings. The number of benzene rings is 2. The normalized spacial score (nSPS) is 12.2. The number of hydrogen-bond donors (Lipinski definition) is 1. The van der Waals surface area contributed by atoms with Crippen LogP contribution in [0.15, 0.2) is 48.5 Å². The van der Waals surface area contributed by atoms with Gasteiger partial charge in [-0.25, -0.2) is 0 Å². The average molecular weight is 469 g/mol. The Morgan fingerprint density at radius 1 is 1.06 bits per heavy atom. The van der Waals surface area contributed by atoms with Gasteiger partial charge in [0.1, 0.15) is 17.5 Å². The molecule has 2 amide bonds. The Hall–Kier alpha value is -3.02. The molecule has 1 atom stereocenters. The molecule has 0 bridgehead atoms. The number of nitrogens with zero attached hydrogens (tertiary/aromatic N) is 1. The zero-order chi connectivity index (χ0) is 25.3. The van der Waals surface area contributed by atoms with Crippen LogP contribution in [0, 0.1) is 5.92 Å². The Kier molecular flexibility index (Phi) is 9.97. The van der Waals surface area contributed by atoms with Crippen molar-refractivity contribution in [3.63, 3.8) is 0 Å². The standard InChI is InChI=1S/C28H40N2O4/c1-8-24(27(32)29-17-20(2)3)30(18-21-12-11-13-22(16-21)33-7)26(31)19-34-25-15-10-9-14-23(25)28(4,5)6/h9-16,20,24H,8,17-19H2,1-7H3,(H,29,32)/t24-/m0/s1. The van der Waals surface area contributed by atoms with Gasteiger partial charge in [0.05, 0.1) is 7.11 Å². The summed E-state index contributed by atoms with van der Waals surface area (Å²) < 4.78 is 11.4. The van der Waals surface area contributed by atoms with Crippen LogP contribution < -0.4 is 14.8 Å². The number of carbonyl (C=O) groups is 2. The van der Waals surface area contributed by atoms with Gasteiger partial charge in [-0.15, -0.1) is 0 Å². The molecular weight excluding hydrogens is 428 g/mol. The summed E-state index contributed by atoms with van der Waals surface area (Å²) in [4.78, 5) is 28.1. The molecule has 0 fully saturated rings.